The molecule has 0 saturated carbocycles. The molecule has 0 saturated heterocycles. The molecule has 9 heterocycles. The Bertz CT molecular complexity index is 10100. The Kier molecular flexibility index (Phi) is 21.7. The van der Waals surface area contributed by atoms with Gasteiger partial charge in [-0.2, -0.15) is 19.9 Å². The molecule has 30 aromatic rings. The van der Waals surface area contributed by atoms with Gasteiger partial charge in [0.05, 0.1) is 55.9 Å². The molecular weight excluding hydrogens is 1820 g/mol. The van der Waals surface area contributed by atoms with E-state index in [1.54, 1.807) is 0 Å². The lowest BCUT2D eigenvalue weighted by Crippen LogP contribution is -2.09. The van der Waals surface area contributed by atoms with E-state index in [9.17, 15) is 0 Å². The summed E-state index contributed by atoms with van der Waals surface area (Å²) in [4.78, 5) is 22.5. The fourth-order valence-electron chi connectivity index (χ4n) is 21.3. The third-order valence-corrected chi connectivity index (χ3v) is 28.2. The van der Waals surface area contributed by atoms with Crippen molar-refractivity contribution in [3.8, 4) is 107 Å². The fraction of sp³-hybridized carbons (Fsp3) is 0.0226. The summed E-state index contributed by atoms with van der Waals surface area (Å²) in [6, 6.07) is 174. The molecule has 0 bridgehead atoms. The molecule has 0 N–H and O–H groups in total. The highest BCUT2D eigenvalue weighted by molar-refractivity contribution is 6.10. The van der Waals surface area contributed by atoms with Gasteiger partial charge in [0.25, 0.3) is 0 Å². The number of fused-ring (bicyclic) bond motifs is 19. The molecular formula is C133H90N10O5. The predicted molar refractivity (Wildman–Crippen MR) is 603 cm³/mol. The van der Waals surface area contributed by atoms with Gasteiger partial charge in [-0.05, 0) is 200 Å². The number of ether oxygens (including phenoxy) is 1. The van der Waals surface area contributed by atoms with Crippen LogP contribution in [0.1, 0.15) is 25.3 Å². The zero-order valence-corrected chi connectivity index (χ0v) is 80.5. The van der Waals surface area contributed by atoms with E-state index in [1.807, 2.05) is 127 Å². The summed E-state index contributed by atoms with van der Waals surface area (Å²) in [6.45, 7) is 4.44. The van der Waals surface area contributed by atoms with Crippen LogP contribution in [0.4, 0.5) is 17.1 Å². The van der Waals surface area contributed by atoms with Crippen LogP contribution in [0.15, 0.2) is 521 Å². The van der Waals surface area contributed by atoms with Crippen LogP contribution in [-0.2, 0) is 0 Å². The van der Waals surface area contributed by atoms with Gasteiger partial charge < -0.3 is 31.9 Å². The lowest BCUT2D eigenvalue weighted by Gasteiger charge is -2.25. The minimum Gasteiger partial charge on any atom is -0.457 e. The maximum Gasteiger partial charge on any atom is 0.307 e. The Morgan fingerprint density at radius 3 is 0.797 bits per heavy atom. The van der Waals surface area contributed by atoms with E-state index in [2.05, 4.69) is 417 Å². The summed E-state index contributed by atoms with van der Waals surface area (Å²) < 4.78 is 41.7. The normalized spacial score (nSPS) is 11.6. The molecule has 0 aliphatic rings. The molecule has 0 unspecified atom stereocenters. The van der Waals surface area contributed by atoms with Crippen LogP contribution in [0.5, 0.6) is 11.5 Å². The molecule has 15 heteroatoms. The summed E-state index contributed by atoms with van der Waals surface area (Å²) in [7, 11) is 0. The Morgan fingerprint density at radius 2 is 0.466 bits per heavy atom. The number of aromatic nitrogens is 9. The minimum atomic E-state index is 0.492. The zero-order chi connectivity index (χ0) is 98.2. The lowest BCUT2D eigenvalue weighted by molar-refractivity contribution is 0.483. The van der Waals surface area contributed by atoms with Crippen LogP contribution in [-0.4, -0.2) is 42.1 Å². The molecule has 9 aromatic heterocycles. The van der Waals surface area contributed by atoms with Gasteiger partial charge in [-0.25, -0.2) is 0 Å². The summed E-state index contributed by atoms with van der Waals surface area (Å²) in [6.07, 6.45) is 0. The number of para-hydroxylation sites is 13. The number of rotatable bonds is 15. The molecule has 0 amide bonds. The van der Waals surface area contributed by atoms with Crippen LogP contribution >= 0.6 is 0 Å². The summed E-state index contributed by atoms with van der Waals surface area (Å²) in [5.74, 6) is 4.46. The SMILES string of the molecule is CC(C)c1ccc(-c2c(-c3cccc4ccccc34)nc3oc4ccccc4n23)cc1.c1ccc(N(c2ccccc2)c2ccc(-c3c(-c4cccc5ccccc45)nc4oc5ccccc5n34)cc2)cc1.c1ccc(Oc2ccc(-c3c(-c4cccc5ccccc45)nc4oc5ccccc5n34)cc2)cc1.c1ccc2c(-c3nc4oc5ccccc5n4c3-c3ccc(-n4c5ccccc5c5ccccc54)cc3)cccc2c1. The van der Waals surface area contributed by atoms with Crippen LogP contribution in [0.25, 0.3) is 228 Å². The lowest BCUT2D eigenvalue weighted by atomic mass is 9.97. The number of anilines is 3. The Hall–Kier alpha value is -19.9. The number of benzene rings is 21. The Balaban J connectivity index is 0.0000000980. The molecule has 0 aliphatic carbocycles. The second-order valence-corrected chi connectivity index (χ2v) is 37.3. The third kappa shape index (κ3) is 15.4. The molecule has 0 spiro atoms. The number of hydrogen-bond donors (Lipinski definition) is 0. The molecule has 15 nitrogen and oxygen atoms in total. The van der Waals surface area contributed by atoms with Crippen molar-refractivity contribution in [1.29, 1.82) is 0 Å². The van der Waals surface area contributed by atoms with Gasteiger partial charge in [-0.3, -0.25) is 17.6 Å². The maximum absolute atomic E-state index is 6.26. The van der Waals surface area contributed by atoms with E-state index in [1.165, 1.54) is 59.7 Å². The Morgan fingerprint density at radius 1 is 0.216 bits per heavy atom. The van der Waals surface area contributed by atoms with Crippen molar-refractivity contribution in [3.63, 3.8) is 0 Å². The molecule has 702 valence electrons. The molecule has 148 heavy (non-hydrogen) atoms. The van der Waals surface area contributed by atoms with E-state index < -0.39 is 0 Å². The van der Waals surface area contributed by atoms with E-state index >= 15 is 0 Å². The summed E-state index contributed by atoms with van der Waals surface area (Å²) in [5, 5.41) is 11.9. The zero-order valence-electron chi connectivity index (χ0n) is 80.5. The summed E-state index contributed by atoms with van der Waals surface area (Å²) >= 11 is 0. The van der Waals surface area contributed by atoms with Crippen LogP contribution < -0.4 is 9.64 Å². The van der Waals surface area contributed by atoms with E-state index in [-0.39, 0.29) is 0 Å². The van der Waals surface area contributed by atoms with E-state index in [4.69, 9.17) is 42.3 Å². The molecule has 0 fully saturated rings. The van der Waals surface area contributed by atoms with Crippen LogP contribution in [0.3, 0.4) is 0 Å². The topological polar surface area (TPSA) is 139 Å². The van der Waals surface area contributed by atoms with Crippen molar-refractivity contribution in [2.75, 3.05) is 4.90 Å². The largest absolute Gasteiger partial charge is 0.457 e. The van der Waals surface area contributed by atoms with Crippen molar-refractivity contribution < 1.29 is 22.4 Å². The summed E-state index contributed by atoms with van der Waals surface area (Å²) in [5.41, 5.74) is 31.9. The van der Waals surface area contributed by atoms with Gasteiger partial charge in [0.2, 0.25) is 0 Å². The van der Waals surface area contributed by atoms with Gasteiger partial charge in [0.15, 0.2) is 22.3 Å². The van der Waals surface area contributed by atoms with Crippen LogP contribution in [0.2, 0.25) is 0 Å². The first kappa shape index (κ1) is 87.1. The predicted octanol–water partition coefficient (Wildman–Crippen LogP) is 35.8. The van der Waals surface area contributed by atoms with Gasteiger partial charge >= 0.3 is 23.4 Å². The third-order valence-electron chi connectivity index (χ3n) is 28.2. The highest BCUT2D eigenvalue weighted by atomic mass is 16.5. The van der Waals surface area contributed by atoms with Gasteiger partial charge in [-0.1, -0.05) is 372 Å². The molecule has 0 radical (unpaired) electrons. The highest BCUT2D eigenvalue weighted by Gasteiger charge is 2.30. The molecule has 30 rings (SSSR count). The van der Waals surface area contributed by atoms with Crippen molar-refractivity contribution in [2.24, 2.45) is 0 Å². The van der Waals surface area contributed by atoms with Crippen molar-refractivity contribution in [3.05, 3.63) is 509 Å². The maximum atomic E-state index is 6.26. The number of nitrogens with zero attached hydrogens (tertiary/aromatic N) is 10. The van der Waals surface area contributed by atoms with Gasteiger partial charge in [0, 0.05) is 78.0 Å². The molecule has 0 atom stereocenters. The second kappa shape index (κ2) is 36.9. The molecule has 21 aromatic carbocycles. The number of oxazole rings is 4. The second-order valence-electron chi connectivity index (χ2n) is 37.3. The average Bonchev–Trinajstić information content (AvgIpc) is 1.58. The van der Waals surface area contributed by atoms with E-state index in [0.717, 1.165) is 179 Å². The van der Waals surface area contributed by atoms with Crippen LogP contribution in [0, 0.1) is 0 Å². The van der Waals surface area contributed by atoms with Gasteiger partial charge in [0.1, 0.15) is 34.3 Å². The minimum absolute atomic E-state index is 0.492. The highest BCUT2D eigenvalue weighted by Crippen LogP contribution is 2.48. The first-order chi connectivity index (χ1) is 73.2. The average molecular weight is 1910 g/mol. The van der Waals surface area contributed by atoms with Crippen molar-refractivity contribution in [1.82, 2.24) is 42.1 Å². The van der Waals surface area contributed by atoms with Crippen molar-refractivity contribution >= 4 is 150 Å². The first-order valence-corrected chi connectivity index (χ1v) is 49.8. The number of imidazole rings is 4. The molecule has 0 aliphatic heterocycles. The monoisotopic (exact) mass is 1910 g/mol. The van der Waals surface area contributed by atoms with Crippen molar-refractivity contribution in [2.45, 2.75) is 19.8 Å². The standard InChI is InChI=1S/C37H23N3O.C37H25N3O.C31H20N2O2.C28H22N2O/c1-2-12-27-24(10-1)11-9-15-30(27)35-36(40-33-18-7-8-19-34(33)41-37(40)38-35)25-20-22-26(23-21-25)39-31-16-5-3-13-28(31)29-14-4-6-17-32(29)39;1-3-14-28(15-4-1)39(29-16-5-2-6-17-29)30-24-22-27(23-25-30)36-35(32-19-11-13-26-12-7-8-18-31(26)32)38-37-40(36)33-20-9-10-21-34(33)41-37;1-2-11-23(12-3-1)34-24-19-17-22(18-20-24)30-29(26-14-8-10-21-9-4-5-13-25(21)26)32-31-33(30)27-15-6-7-16-28(27)35-31;1-18(2)19-14-16-21(17-15-19)27-26(23-11-7-9-20-8-3-4-10-22(20)23)29-28-30(27)24-12-5-6-13-25(24)31-28/h1-23H;1-25H;1-20H;3-18H,1-2H3. The quantitative estimate of drug-likeness (QED) is 0.0974. The fourth-order valence-corrected chi connectivity index (χ4v) is 21.3. The smallest absolute Gasteiger partial charge is 0.307 e. The van der Waals surface area contributed by atoms with Gasteiger partial charge in [-0.15, -0.1) is 0 Å². The number of hydrogen-bond acceptors (Lipinski definition) is 10. The Labute approximate surface area is 849 Å². The van der Waals surface area contributed by atoms with E-state index in [0.29, 0.717) is 29.3 Å². The first-order valence-electron chi connectivity index (χ1n) is 49.8.